The van der Waals surface area contributed by atoms with Crippen molar-refractivity contribution in [3.8, 4) is 0 Å². The van der Waals surface area contributed by atoms with Crippen LogP contribution in [0.2, 0.25) is 0 Å². The highest BCUT2D eigenvalue weighted by Crippen LogP contribution is 2.25. The minimum atomic E-state index is 0.988. The van der Waals surface area contributed by atoms with E-state index in [-0.39, 0.29) is 0 Å². The maximum Gasteiger partial charge on any atom is -0.00173 e. The average molecular weight is 169 g/mol. The fourth-order valence-corrected chi connectivity index (χ4v) is 2.30. The maximum atomic E-state index is 3.52. The molecule has 0 aromatic rings. The highest BCUT2D eigenvalue weighted by atomic mass is 14.9. The second-order valence-corrected chi connectivity index (χ2v) is 4.11. The van der Waals surface area contributed by atoms with Crippen molar-refractivity contribution < 1.29 is 0 Å². The predicted molar refractivity (Wildman–Crippen MR) is 54.3 cm³/mol. The van der Waals surface area contributed by atoms with Gasteiger partial charge in [0, 0.05) is 0 Å². The van der Waals surface area contributed by atoms with Gasteiger partial charge in [-0.3, -0.25) is 0 Å². The molecule has 0 aromatic carbocycles. The van der Waals surface area contributed by atoms with Crippen LogP contribution in [0.25, 0.3) is 0 Å². The Kier molecular flexibility index (Phi) is 4.67. The maximum absolute atomic E-state index is 3.52. The van der Waals surface area contributed by atoms with Crippen LogP contribution in [0.4, 0.5) is 0 Å². The summed E-state index contributed by atoms with van der Waals surface area (Å²) in [6, 6.07) is 0. The Morgan fingerprint density at radius 2 is 1.67 bits per heavy atom. The summed E-state index contributed by atoms with van der Waals surface area (Å²) < 4.78 is 0. The summed E-state index contributed by atoms with van der Waals surface area (Å²) in [6.45, 7) is 7.15. The first-order valence-corrected chi connectivity index (χ1v) is 5.59. The smallest absolute Gasteiger partial charge is 0.00173 e. The van der Waals surface area contributed by atoms with Crippen molar-refractivity contribution in [2.45, 2.75) is 46.0 Å². The van der Waals surface area contributed by atoms with E-state index in [2.05, 4.69) is 19.2 Å². The molecule has 12 heavy (non-hydrogen) atoms. The third kappa shape index (κ3) is 2.78. The van der Waals surface area contributed by atoms with Gasteiger partial charge in [-0.05, 0) is 37.8 Å². The van der Waals surface area contributed by atoms with E-state index >= 15 is 0 Å². The predicted octanol–water partition coefficient (Wildman–Crippen LogP) is 2.81. The van der Waals surface area contributed by atoms with Crippen LogP contribution in [-0.2, 0) is 0 Å². The fourth-order valence-electron chi connectivity index (χ4n) is 2.30. The van der Waals surface area contributed by atoms with Crippen LogP contribution in [0.5, 0.6) is 0 Å². The van der Waals surface area contributed by atoms with Gasteiger partial charge in [0.2, 0.25) is 0 Å². The van der Waals surface area contributed by atoms with Crippen LogP contribution in [0.3, 0.4) is 0 Å². The van der Waals surface area contributed by atoms with E-state index in [4.69, 9.17) is 0 Å². The largest absolute Gasteiger partial charge is 0.316 e. The third-order valence-electron chi connectivity index (χ3n) is 3.07. The van der Waals surface area contributed by atoms with Gasteiger partial charge >= 0.3 is 0 Å². The molecule has 1 nitrogen and oxygen atoms in total. The molecule has 1 saturated heterocycles. The lowest BCUT2D eigenvalue weighted by Gasteiger charge is -2.16. The molecule has 2 atom stereocenters. The molecule has 1 aliphatic rings. The van der Waals surface area contributed by atoms with Crippen molar-refractivity contribution in [1.82, 2.24) is 5.32 Å². The highest BCUT2D eigenvalue weighted by Gasteiger charge is 2.24. The van der Waals surface area contributed by atoms with Gasteiger partial charge in [-0.2, -0.15) is 0 Å². The Bertz CT molecular complexity index is 112. The third-order valence-corrected chi connectivity index (χ3v) is 3.07. The summed E-state index contributed by atoms with van der Waals surface area (Å²) in [5, 5.41) is 3.52. The van der Waals surface area contributed by atoms with Crippen LogP contribution in [-0.4, -0.2) is 13.1 Å². The van der Waals surface area contributed by atoms with E-state index in [0.717, 1.165) is 11.8 Å². The van der Waals surface area contributed by atoms with Crippen molar-refractivity contribution in [3.05, 3.63) is 0 Å². The van der Waals surface area contributed by atoms with E-state index in [1.165, 1.54) is 45.2 Å². The minimum absolute atomic E-state index is 0.988. The fraction of sp³-hybridized carbons (Fsp3) is 1.00. The van der Waals surface area contributed by atoms with Crippen molar-refractivity contribution in [3.63, 3.8) is 0 Å². The van der Waals surface area contributed by atoms with Crippen LogP contribution in [0.15, 0.2) is 0 Å². The molecule has 1 rings (SSSR count). The second kappa shape index (κ2) is 5.58. The van der Waals surface area contributed by atoms with Crippen molar-refractivity contribution in [2.24, 2.45) is 11.8 Å². The topological polar surface area (TPSA) is 12.0 Å². The molecule has 1 fully saturated rings. The molecule has 0 aliphatic carbocycles. The van der Waals surface area contributed by atoms with Gasteiger partial charge in [0.05, 0.1) is 0 Å². The molecule has 0 aromatic heterocycles. The van der Waals surface area contributed by atoms with Crippen molar-refractivity contribution in [2.75, 3.05) is 13.1 Å². The molecule has 2 unspecified atom stereocenters. The summed E-state index contributed by atoms with van der Waals surface area (Å²) in [5.41, 5.74) is 0. The van der Waals surface area contributed by atoms with Gasteiger partial charge in [0.25, 0.3) is 0 Å². The van der Waals surface area contributed by atoms with Gasteiger partial charge in [0.1, 0.15) is 0 Å². The molecule has 1 heterocycles. The normalized spacial score (nSPS) is 29.5. The summed E-state index contributed by atoms with van der Waals surface area (Å²) in [6.07, 6.45) is 7.02. The molecule has 0 amide bonds. The zero-order chi connectivity index (χ0) is 8.81. The molecule has 1 aliphatic heterocycles. The lowest BCUT2D eigenvalue weighted by molar-refractivity contribution is 0.360. The Morgan fingerprint density at radius 1 is 1.00 bits per heavy atom. The second-order valence-electron chi connectivity index (χ2n) is 4.11. The first kappa shape index (κ1) is 10.0. The van der Waals surface area contributed by atoms with E-state index in [0.29, 0.717) is 0 Å². The zero-order valence-corrected chi connectivity index (χ0v) is 8.60. The Labute approximate surface area is 76.9 Å². The number of hydrogen-bond acceptors (Lipinski definition) is 1. The summed E-state index contributed by atoms with van der Waals surface area (Å²) in [7, 11) is 0. The molecule has 0 radical (unpaired) electrons. The van der Waals surface area contributed by atoms with E-state index in [1.807, 2.05) is 0 Å². The van der Waals surface area contributed by atoms with Gasteiger partial charge in [-0.1, -0.05) is 33.1 Å². The number of hydrogen-bond donors (Lipinski definition) is 1. The molecule has 0 saturated carbocycles. The highest BCUT2D eigenvalue weighted by molar-refractivity contribution is 4.80. The quantitative estimate of drug-likeness (QED) is 0.667. The zero-order valence-electron chi connectivity index (χ0n) is 8.60. The Morgan fingerprint density at radius 3 is 2.25 bits per heavy atom. The summed E-state index contributed by atoms with van der Waals surface area (Å²) in [5.74, 6) is 1.98. The number of unbranched alkanes of at least 4 members (excludes halogenated alkanes) is 1. The first-order chi connectivity index (χ1) is 5.88. The minimum Gasteiger partial charge on any atom is -0.316 e. The van der Waals surface area contributed by atoms with Crippen LogP contribution >= 0.6 is 0 Å². The van der Waals surface area contributed by atoms with Crippen LogP contribution < -0.4 is 5.32 Å². The number of rotatable bonds is 5. The molecule has 0 spiro atoms. The number of nitrogens with one attached hydrogen (secondary N) is 1. The average Bonchev–Trinajstić information content (AvgIpc) is 2.50. The Balaban J connectivity index is 2.20. The molecule has 0 bridgehead atoms. The van der Waals surface area contributed by atoms with Crippen molar-refractivity contribution in [1.29, 1.82) is 0 Å². The van der Waals surface area contributed by atoms with Gasteiger partial charge in [-0.15, -0.1) is 0 Å². The van der Waals surface area contributed by atoms with Gasteiger partial charge in [-0.25, -0.2) is 0 Å². The molecule has 72 valence electrons. The summed E-state index contributed by atoms with van der Waals surface area (Å²) in [4.78, 5) is 0. The van der Waals surface area contributed by atoms with E-state index in [1.54, 1.807) is 0 Å². The summed E-state index contributed by atoms with van der Waals surface area (Å²) >= 11 is 0. The standard InChI is InChI=1S/C11H23N/c1-3-5-7-11-9-12-8-10(11)6-4-2/h10-12H,3-9H2,1-2H3. The van der Waals surface area contributed by atoms with Crippen molar-refractivity contribution >= 4 is 0 Å². The SMILES string of the molecule is CCCCC1CNCC1CCC. The molecule has 1 heteroatoms. The molecular weight excluding hydrogens is 146 g/mol. The molecule has 1 N–H and O–H groups in total. The monoisotopic (exact) mass is 169 g/mol. The Hall–Kier alpha value is -0.0400. The van der Waals surface area contributed by atoms with Crippen LogP contribution in [0, 0.1) is 11.8 Å². The molecular formula is C11H23N. The van der Waals surface area contributed by atoms with Gasteiger partial charge < -0.3 is 5.32 Å². The first-order valence-electron chi connectivity index (χ1n) is 5.59. The lowest BCUT2D eigenvalue weighted by Crippen LogP contribution is -2.11. The van der Waals surface area contributed by atoms with E-state index in [9.17, 15) is 0 Å². The lowest BCUT2D eigenvalue weighted by atomic mass is 9.88. The van der Waals surface area contributed by atoms with E-state index < -0.39 is 0 Å². The van der Waals surface area contributed by atoms with Gasteiger partial charge in [0.15, 0.2) is 0 Å². The van der Waals surface area contributed by atoms with Crippen LogP contribution in [0.1, 0.15) is 46.0 Å².